The summed E-state index contributed by atoms with van der Waals surface area (Å²) in [6.07, 6.45) is 1.50. The van der Waals surface area contributed by atoms with Crippen LogP contribution >= 0.6 is 11.6 Å². The summed E-state index contributed by atoms with van der Waals surface area (Å²) in [5.74, 6) is 0.632. The molecule has 0 bridgehead atoms. The highest BCUT2D eigenvalue weighted by Gasteiger charge is 2.12. The van der Waals surface area contributed by atoms with Gasteiger partial charge in [0, 0.05) is 22.8 Å². The van der Waals surface area contributed by atoms with Crippen molar-refractivity contribution in [1.29, 1.82) is 0 Å². The molecule has 0 spiro atoms. The van der Waals surface area contributed by atoms with Gasteiger partial charge < -0.3 is 19.4 Å². The van der Waals surface area contributed by atoms with Crippen molar-refractivity contribution >= 4 is 24.2 Å². The zero-order valence-electron chi connectivity index (χ0n) is 10.8. The Morgan fingerprint density at radius 3 is 2.65 bits per heavy atom. The molecule has 5 nitrogen and oxygen atoms in total. The van der Waals surface area contributed by atoms with Crippen molar-refractivity contribution in [3.63, 3.8) is 0 Å². The van der Waals surface area contributed by atoms with Crippen LogP contribution in [0.1, 0.15) is 5.56 Å². The first-order valence-corrected chi connectivity index (χ1v) is 6.28. The van der Waals surface area contributed by atoms with Crippen LogP contribution in [0.5, 0.6) is 5.75 Å². The first-order chi connectivity index (χ1) is 9.51. The van der Waals surface area contributed by atoms with Gasteiger partial charge in [0.15, 0.2) is 0 Å². The molecule has 104 valence electrons. The van der Waals surface area contributed by atoms with E-state index in [0.717, 1.165) is 5.56 Å². The summed E-state index contributed by atoms with van der Waals surface area (Å²) in [5.41, 5.74) is 0.585. The molecule has 1 heterocycles. The summed E-state index contributed by atoms with van der Waals surface area (Å²) < 4.78 is 6.65. The number of pyridine rings is 1. The Morgan fingerprint density at radius 2 is 2.05 bits per heavy atom. The zero-order valence-corrected chi connectivity index (χ0v) is 11.5. The molecule has 0 aliphatic heterocycles. The maximum Gasteiger partial charge on any atom is 0.488 e. The maximum atomic E-state index is 11.9. The standard InChI is InChI=1S/C13H13BClNO4/c1-20-12-3-2-11(15)6-9(12)8-16-5-4-10(14(18)19)7-13(16)17/h2-7,18-19H,8H2,1H3. The SMILES string of the molecule is COc1ccc(Cl)cc1Cn1ccc(B(O)O)cc1=O. The van der Waals surface area contributed by atoms with E-state index >= 15 is 0 Å². The number of ether oxygens (including phenoxy) is 1. The van der Waals surface area contributed by atoms with Gasteiger partial charge in [0.1, 0.15) is 5.75 Å². The molecule has 20 heavy (non-hydrogen) atoms. The van der Waals surface area contributed by atoms with Crippen molar-refractivity contribution in [3.05, 3.63) is 57.5 Å². The van der Waals surface area contributed by atoms with E-state index in [4.69, 9.17) is 26.4 Å². The average Bonchev–Trinajstić information content (AvgIpc) is 2.41. The number of methoxy groups -OCH3 is 1. The lowest BCUT2D eigenvalue weighted by Gasteiger charge is -2.11. The molecule has 0 atom stereocenters. The van der Waals surface area contributed by atoms with E-state index in [9.17, 15) is 4.79 Å². The average molecular weight is 294 g/mol. The quantitative estimate of drug-likeness (QED) is 0.792. The number of benzene rings is 1. The lowest BCUT2D eigenvalue weighted by atomic mass is 9.81. The van der Waals surface area contributed by atoms with Crippen molar-refractivity contribution in [2.45, 2.75) is 6.54 Å². The molecule has 2 aromatic rings. The van der Waals surface area contributed by atoms with Crippen LogP contribution in [-0.2, 0) is 6.54 Å². The van der Waals surface area contributed by atoms with E-state index in [-0.39, 0.29) is 17.6 Å². The van der Waals surface area contributed by atoms with Gasteiger partial charge >= 0.3 is 7.12 Å². The third-order valence-corrected chi connectivity index (χ3v) is 3.14. The van der Waals surface area contributed by atoms with E-state index in [2.05, 4.69) is 0 Å². The third-order valence-electron chi connectivity index (χ3n) is 2.90. The van der Waals surface area contributed by atoms with Crippen molar-refractivity contribution in [3.8, 4) is 5.75 Å². The second-order valence-electron chi connectivity index (χ2n) is 4.26. The fourth-order valence-electron chi connectivity index (χ4n) is 1.87. The molecule has 0 amide bonds. The second-order valence-corrected chi connectivity index (χ2v) is 4.69. The normalized spacial score (nSPS) is 10.4. The summed E-state index contributed by atoms with van der Waals surface area (Å²) in [4.78, 5) is 11.9. The molecule has 7 heteroatoms. The van der Waals surface area contributed by atoms with E-state index in [1.54, 1.807) is 25.3 Å². The number of hydrogen-bond donors (Lipinski definition) is 2. The Labute approximate surface area is 121 Å². The fraction of sp³-hybridized carbons (Fsp3) is 0.154. The van der Waals surface area contributed by atoms with E-state index in [0.29, 0.717) is 10.8 Å². The van der Waals surface area contributed by atoms with Crippen molar-refractivity contribution < 1.29 is 14.8 Å². The molecule has 0 radical (unpaired) electrons. The summed E-state index contributed by atoms with van der Waals surface area (Å²) >= 11 is 5.94. The van der Waals surface area contributed by atoms with Crippen LogP contribution in [0.15, 0.2) is 41.3 Å². The Balaban J connectivity index is 2.35. The second kappa shape index (κ2) is 6.13. The number of rotatable bonds is 4. The van der Waals surface area contributed by atoms with Crippen LogP contribution in [0.2, 0.25) is 5.02 Å². The molecule has 0 aliphatic carbocycles. The minimum Gasteiger partial charge on any atom is -0.496 e. The molecule has 1 aromatic carbocycles. The Morgan fingerprint density at radius 1 is 1.30 bits per heavy atom. The Bertz CT molecular complexity index is 672. The van der Waals surface area contributed by atoms with Gasteiger partial charge in [-0.25, -0.2) is 0 Å². The molecular formula is C13H13BClNO4. The lowest BCUT2D eigenvalue weighted by molar-refractivity contribution is 0.408. The van der Waals surface area contributed by atoms with Crippen LogP contribution in [0.3, 0.4) is 0 Å². The highest BCUT2D eigenvalue weighted by Crippen LogP contribution is 2.22. The first kappa shape index (κ1) is 14.6. The van der Waals surface area contributed by atoms with Gasteiger partial charge in [-0.2, -0.15) is 0 Å². The molecule has 0 aliphatic rings. The lowest BCUT2D eigenvalue weighted by Crippen LogP contribution is -2.35. The topological polar surface area (TPSA) is 71.7 Å². The van der Waals surface area contributed by atoms with Gasteiger partial charge in [0.2, 0.25) is 5.56 Å². The number of halogens is 1. The number of nitrogens with zero attached hydrogens (tertiary/aromatic N) is 1. The van der Waals surface area contributed by atoms with E-state index in [1.165, 1.54) is 22.9 Å². The Hall–Kier alpha value is -1.76. The molecule has 1 aromatic heterocycles. The Kier molecular flexibility index (Phi) is 4.49. The van der Waals surface area contributed by atoms with Crippen molar-refractivity contribution in [2.75, 3.05) is 7.11 Å². The molecular weight excluding hydrogens is 280 g/mol. The van der Waals surface area contributed by atoms with Gasteiger partial charge in [-0.1, -0.05) is 11.6 Å². The highest BCUT2D eigenvalue weighted by molar-refractivity contribution is 6.58. The predicted octanol–water partition coefficient (Wildman–Crippen LogP) is 0.238. The highest BCUT2D eigenvalue weighted by atomic mass is 35.5. The van der Waals surface area contributed by atoms with Gasteiger partial charge in [-0.3, -0.25) is 4.79 Å². The summed E-state index contributed by atoms with van der Waals surface area (Å²) in [7, 11) is -0.112. The molecule has 0 fully saturated rings. The first-order valence-electron chi connectivity index (χ1n) is 5.90. The minimum absolute atomic E-state index is 0.157. The van der Waals surface area contributed by atoms with Crippen molar-refractivity contribution in [1.82, 2.24) is 4.57 Å². The smallest absolute Gasteiger partial charge is 0.488 e. The molecule has 0 saturated heterocycles. The van der Waals surface area contributed by atoms with E-state index < -0.39 is 7.12 Å². The molecule has 2 rings (SSSR count). The summed E-state index contributed by atoms with van der Waals surface area (Å²) in [6.45, 7) is 0.282. The van der Waals surface area contributed by atoms with Gasteiger partial charge in [0.25, 0.3) is 0 Å². The van der Waals surface area contributed by atoms with Crippen LogP contribution in [-0.4, -0.2) is 28.8 Å². The maximum absolute atomic E-state index is 11.9. The van der Waals surface area contributed by atoms with Crippen LogP contribution in [0, 0.1) is 0 Å². The van der Waals surface area contributed by atoms with Crippen LogP contribution < -0.4 is 15.8 Å². The number of hydrogen-bond acceptors (Lipinski definition) is 4. The molecule has 2 N–H and O–H groups in total. The predicted molar refractivity (Wildman–Crippen MR) is 77.6 cm³/mol. The minimum atomic E-state index is -1.65. The number of aromatic nitrogens is 1. The van der Waals surface area contributed by atoms with Crippen molar-refractivity contribution in [2.24, 2.45) is 0 Å². The molecule has 0 saturated carbocycles. The zero-order chi connectivity index (χ0) is 14.7. The van der Waals surface area contributed by atoms with E-state index in [1.807, 2.05) is 0 Å². The van der Waals surface area contributed by atoms with Crippen LogP contribution in [0.25, 0.3) is 0 Å². The monoisotopic (exact) mass is 293 g/mol. The summed E-state index contributed by atoms with van der Waals surface area (Å²) in [5, 5.41) is 18.6. The third kappa shape index (κ3) is 3.22. The largest absolute Gasteiger partial charge is 0.496 e. The molecule has 0 unspecified atom stereocenters. The fourth-order valence-corrected chi connectivity index (χ4v) is 2.06. The van der Waals surface area contributed by atoms with Crippen LogP contribution in [0.4, 0.5) is 0 Å². The summed E-state index contributed by atoms with van der Waals surface area (Å²) in [6, 6.07) is 7.82. The van der Waals surface area contributed by atoms with Gasteiger partial charge in [0.05, 0.1) is 13.7 Å². The van der Waals surface area contributed by atoms with Gasteiger partial charge in [-0.15, -0.1) is 0 Å². The van der Waals surface area contributed by atoms with Gasteiger partial charge in [-0.05, 0) is 29.7 Å².